The molecule has 0 spiro atoms. The highest BCUT2D eigenvalue weighted by Crippen LogP contribution is 2.36. The molecule has 2 unspecified atom stereocenters. The molecule has 3 rings (SSSR count). The largest absolute Gasteiger partial charge is 0.459 e. The summed E-state index contributed by atoms with van der Waals surface area (Å²) in [7, 11) is 0. The predicted octanol–water partition coefficient (Wildman–Crippen LogP) is 3.97. The van der Waals surface area contributed by atoms with E-state index in [-0.39, 0.29) is 18.0 Å². The third-order valence-corrected chi connectivity index (χ3v) is 3.91. The van der Waals surface area contributed by atoms with Crippen LogP contribution in [0.4, 0.5) is 0 Å². The van der Waals surface area contributed by atoms with E-state index < -0.39 is 0 Å². The number of hydrogen-bond acceptors (Lipinski definition) is 4. The zero-order valence-electron chi connectivity index (χ0n) is 11.5. The summed E-state index contributed by atoms with van der Waals surface area (Å²) in [5.74, 6) is 0.0258. The van der Waals surface area contributed by atoms with Crippen LogP contribution in [0.25, 0.3) is 11.3 Å². The van der Waals surface area contributed by atoms with Gasteiger partial charge in [-0.3, -0.25) is 0 Å². The van der Waals surface area contributed by atoms with Crippen LogP contribution >= 0.6 is 11.6 Å². The van der Waals surface area contributed by atoms with Gasteiger partial charge in [-0.25, -0.2) is 4.79 Å². The highest BCUT2D eigenvalue weighted by molar-refractivity contribution is 6.33. The number of ether oxygens (including phenoxy) is 1. The molecular formula is C16H14ClNO3. The molecule has 1 aliphatic rings. The standard InChI is InChI=1S/C16H14ClNO3/c1-9-7-12(10(2)16(19)20-9)15-8-14(18-21-15)11-5-3-4-6-13(11)17/h3-6,8-9,12H,2,7H2,1H3. The van der Waals surface area contributed by atoms with Crippen molar-refractivity contribution in [1.29, 1.82) is 0 Å². The van der Waals surface area contributed by atoms with Crippen molar-refractivity contribution in [2.45, 2.75) is 25.4 Å². The normalized spacial score (nSPS) is 22.2. The van der Waals surface area contributed by atoms with Gasteiger partial charge in [-0.2, -0.15) is 0 Å². The number of nitrogens with zero attached hydrogens (tertiary/aromatic N) is 1. The summed E-state index contributed by atoms with van der Waals surface area (Å²) < 4.78 is 10.5. The number of rotatable bonds is 2. The van der Waals surface area contributed by atoms with Crippen LogP contribution in [0, 0.1) is 0 Å². The van der Waals surface area contributed by atoms with Crippen molar-refractivity contribution in [3.05, 3.63) is 53.3 Å². The lowest BCUT2D eigenvalue weighted by Crippen LogP contribution is -2.28. The molecule has 2 atom stereocenters. The van der Waals surface area contributed by atoms with Gasteiger partial charge in [0.1, 0.15) is 17.6 Å². The van der Waals surface area contributed by atoms with Gasteiger partial charge in [0.15, 0.2) is 0 Å². The van der Waals surface area contributed by atoms with Gasteiger partial charge in [-0.15, -0.1) is 0 Å². The van der Waals surface area contributed by atoms with E-state index in [0.29, 0.717) is 28.5 Å². The lowest BCUT2D eigenvalue weighted by Gasteiger charge is -2.26. The Labute approximate surface area is 127 Å². The van der Waals surface area contributed by atoms with Crippen LogP contribution in [0.1, 0.15) is 25.0 Å². The summed E-state index contributed by atoms with van der Waals surface area (Å²) in [4.78, 5) is 11.7. The zero-order chi connectivity index (χ0) is 15.0. The number of halogens is 1. The van der Waals surface area contributed by atoms with E-state index in [1.807, 2.05) is 31.2 Å². The van der Waals surface area contributed by atoms with Crippen molar-refractivity contribution in [3.63, 3.8) is 0 Å². The summed E-state index contributed by atoms with van der Waals surface area (Å²) in [5, 5.41) is 4.66. The van der Waals surface area contributed by atoms with Crippen LogP contribution < -0.4 is 0 Å². The van der Waals surface area contributed by atoms with E-state index in [4.69, 9.17) is 20.9 Å². The van der Waals surface area contributed by atoms with Crippen molar-refractivity contribution in [3.8, 4) is 11.3 Å². The molecule has 0 bridgehead atoms. The second kappa shape index (κ2) is 5.37. The summed E-state index contributed by atoms with van der Waals surface area (Å²) in [6.07, 6.45) is 0.476. The maximum absolute atomic E-state index is 11.7. The van der Waals surface area contributed by atoms with Gasteiger partial charge in [0.2, 0.25) is 0 Å². The van der Waals surface area contributed by atoms with Crippen molar-refractivity contribution in [2.75, 3.05) is 0 Å². The molecule has 21 heavy (non-hydrogen) atoms. The molecular weight excluding hydrogens is 290 g/mol. The first-order chi connectivity index (χ1) is 10.1. The van der Waals surface area contributed by atoms with Crippen LogP contribution in [-0.4, -0.2) is 17.2 Å². The van der Waals surface area contributed by atoms with Crippen LogP contribution in [0.2, 0.25) is 5.02 Å². The molecule has 2 heterocycles. The maximum atomic E-state index is 11.7. The minimum Gasteiger partial charge on any atom is -0.459 e. The number of carbonyl (C=O) groups is 1. The molecule has 1 saturated heterocycles. The van der Waals surface area contributed by atoms with E-state index in [2.05, 4.69) is 11.7 Å². The molecule has 2 aromatic rings. The van der Waals surface area contributed by atoms with Crippen molar-refractivity contribution >= 4 is 17.6 Å². The fraction of sp³-hybridized carbons (Fsp3) is 0.250. The molecule has 108 valence electrons. The van der Waals surface area contributed by atoms with Crippen LogP contribution in [-0.2, 0) is 9.53 Å². The summed E-state index contributed by atoms with van der Waals surface area (Å²) in [6, 6.07) is 9.21. The predicted molar refractivity (Wildman–Crippen MR) is 79.0 cm³/mol. The van der Waals surface area contributed by atoms with Crippen LogP contribution in [0.15, 0.2) is 47.0 Å². The summed E-state index contributed by atoms with van der Waals surface area (Å²) in [5.41, 5.74) is 1.84. The fourth-order valence-corrected chi connectivity index (χ4v) is 2.69. The Morgan fingerprint density at radius 2 is 2.14 bits per heavy atom. The number of aromatic nitrogens is 1. The number of carbonyl (C=O) groups excluding carboxylic acids is 1. The number of cyclic esters (lactones) is 1. The highest BCUT2D eigenvalue weighted by atomic mass is 35.5. The van der Waals surface area contributed by atoms with Gasteiger partial charge in [-0.05, 0) is 19.4 Å². The van der Waals surface area contributed by atoms with Crippen molar-refractivity contribution in [2.24, 2.45) is 0 Å². The lowest BCUT2D eigenvalue weighted by atomic mass is 9.89. The number of esters is 1. The van der Waals surface area contributed by atoms with E-state index in [1.165, 1.54) is 0 Å². The molecule has 1 aromatic carbocycles. The molecule has 0 saturated carbocycles. The quantitative estimate of drug-likeness (QED) is 0.622. The van der Waals surface area contributed by atoms with Gasteiger partial charge in [-0.1, -0.05) is 41.5 Å². The first-order valence-corrected chi connectivity index (χ1v) is 7.05. The molecule has 1 aliphatic heterocycles. The van der Waals surface area contributed by atoms with E-state index >= 15 is 0 Å². The van der Waals surface area contributed by atoms with E-state index in [9.17, 15) is 4.79 Å². The highest BCUT2D eigenvalue weighted by Gasteiger charge is 2.33. The first-order valence-electron chi connectivity index (χ1n) is 6.67. The van der Waals surface area contributed by atoms with E-state index in [1.54, 1.807) is 6.07 Å². The van der Waals surface area contributed by atoms with Gasteiger partial charge < -0.3 is 9.26 Å². The van der Waals surface area contributed by atoms with E-state index in [0.717, 1.165) is 5.56 Å². The maximum Gasteiger partial charge on any atom is 0.334 e. The molecule has 4 nitrogen and oxygen atoms in total. The topological polar surface area (TPSA) is 52.3 Å². The van der Waals surface area contributed by atoms with Crippen LogP contribution in [0.5, 0.6) is 0 Å². The average Bonchev–Trinajstić information content (AvgIpc) is 2.92. The Morgan fingerprint density at radius 1 is 1.38 bits per heavy atom. The average molecular weight is 304 g/mol. The van der Waals surface area contributed by atoms with Gasteiger partial charge in [0.05, 0.1) is 10.9 Å². The van der Waals surface area contributed by atoms with Gasteiger partial charge >= 0.3 is 5.97 Å². The lowest BCUT2D eigenvalue weighted by molar-refractivity contribution is -0.147. The molecule has 1 fully saturated rings. The Hall–Kier alpha value is -2.07. The molecule has 1 aromatic heterocycles. The minimum absolute atomic E-state index is 0.165. The van der Waals surface area contributed by atoms with Crippen molar-refractivity contribution in [1.82, 2.24) is 5.16 Å². The Balaban J connectivity index is 1.93. The summed E-state index contributed by atoms with van der Waals surface area (Å²) in [6.45, 7) is 5.65. The molecule has 0 N–H and O–H groups in total. The third-order valence-electron chi connectivity index (χ3n) is 3.58. The Morgan fingerprint density at radius 3 is 2.90 bits per heavy atom. The van der Waals surface area contributed by atoms with Crippen molar-refractivity contribution < 1.29 is 14.1 Å². The second-order valence-electron chi connectivity index (χ2n) is 5.12. The molecule has 0 aliphatic carbocycles. The first kappa shape index (κ1) is 13.9. The Kier molecular flexibility index (Phi) is 3.55. The number of benzene rings is 1. The Bertz CT molecular complexity index is 707. The van der Waals surface area contributed by atoms with Crippen LogP contribution in [0.3, 0.4) is 0 Å². The SMILES string of the molecule is C=C1C(=O)OC(C)CC1c1cc(-c2ccccc2Cl)no1. The molecule has 5 heteroatoms. The van der Waals surface area contributed by atoms with Gasteiger partial charge in [0, 0.05) is 17.2 Å². The zero-order valence-corrected chi connectivity index (χ0v) is 12.3. The monoisotopic (exact) mass is 303 g/mol. The fourth-order valence-electron chi connectivity index (χ4n) is 2.46. The second-order valence-corrected chi connectivity index (χ2v) is 5.53. The number of hydrogen-bond donors (Lipinski definition) is 0. The molecule has 0 radical (unpaired) electrons. The minimum atomic E-state index is -0.380. The molecule has 0 amide bonds. The third kappa shape index (κ3) is 2.59. The summed E-state index contributed by atoms with van der Waals surface area (Å²) >= 11 is 6.16. The van der Waals surface area contributed by atoms with Gasteiger partial charge in [0.25, 0.3) is 0 Å². The smallest absolute Gasteiger partial charge is 0.334 e.